The van der Waals surface area contributed by atoms with Crippen LogP contribution in [0.5, 0.6) is 11.5 Å². The molecule has 0 amide bonds. The number of rotatable bonds is 11. The van der Waals surface area contributed by atoms with Crippen molar-refractivity contribution in [1.82, 2.24) is 14.8 Å². The molecule has 0 radical (unpaired) electrons. The van der Waals surface area contributed by atoms with E-state index in [9.17, 15) is 10.1 Å². The smallest absolute Gasteiger partial charge is 0.220 e. The van der Waals surface area contributed by atoms with Crippen LogP contribution < -0.4 is 9.47 Å². The Kier molecular flexibility index (Phi) is 8.45. The molecule has 4 rings (SSSR count). The van der Waals surface area contributed by atoms with Gasteiger partial charge < -0.3 is 9.47 Å². The van der Waals surface area contributed by atoms with Crippen molar-refractivity contribution in [1.29, 1.82) is 0 Å². The van der Waals surface area contributed by atoms with Gasteiger partial charge in [-0.05, 0) is 61.9 Å². The van der Waals surface area contributed by atoms with E-state index in [4.69, 9.17) is 21.1 Å². The van der Waals surface area contributed by atoms with Crippen LogP contribution in [-0.4, -0.2) is 32.8 Å². The molecule has 0 unspecified atom stereocenters. The lowest BCUT2D eigenvalue weighted by atomic mass is 10.1. The van der Waals surface area contributed by atoms with Gasteiger partial charge in [0, 0.05) is 21.2 Å². The highest BCUT2D eigenvalue weighted by Crippen LogP contribution is 2.40. The summed E-state index contributed by atoms with van der Waals surface area (Å²) in [5, 5.41) is 20.8. The Labute approximate surface area is 218 Å². The molecule has 3 aromatic carbocycles. The number of thioether (sulfide) groups is 1. The van der Waals surface area contributed by atoms with Gasteiger partial charge >= 0.3 is 0 Å². The minimum atomic E-state index is -0.550. The minimum absolute atomic E-state index is 0.304. The van der Waals surface area contributed by atoms with E-state index in [1.54, 1.807) is 12.1 Å². The fourth-order valence-electron chi connectivity index (χ4n) is 3.66. The first-order chi connectivity index (χ1) is 17.4. The van der Waals surface area contributed by atoms with Crippen LogP contribution in [0.2, 0.25) is 5.02 Å². The van der Waals surface area contributed by atoms with Gasteiger partial charge in [-0.15, -0.1) is 10.2 Å². The topological polar surface area (TPSA) is 92.3 Å². The molecule has 0 spiro atoms. The molecule has 186 valence electrons. The molecule has 36 heavy (non-hydrogen) atoms. The summed E-state index contributed by atoms with van der Waals surface area (Å²) in [6.45, 7) is 4.36. The second kappa shape index (κ2) is 11.9. The van der Waals surface area contributed by atoms with Crippen molar-refractivity contribution in [3.8, 4) is 17.2 Å². The number of halogens is 1. The van der Waals surface area contributed by atoms with E-state index >= 15 is 0 Å². The molecule has 10 heteroatoms. The molecular formula is C26H25ClN4O4S. The highest BCUT2D eigenvalue weighted by atomic mass is 35.5. The predicted octanol–water partition coefficient (Wildman–Crippen LogP) is 6.32. The SMILES string of the molecule is CCOc1ccc(-n2c(C)nnc2S[C@H](C[N+](=O)[O-])c2ccccc2OCc2ccc(Cl)cc2)cc1. The number of nitrogens with zero attached hydrogens (tertiary/aromatic N) is 4. The maximum Gasteiger partial charge on any atom is 0.220 e. The van der Waals surface area contributed by atoms with Gasteiger partial charge in [0.15, 0.2) is 5.16 Å². The standard InChI is InChI=1S/C26H25ClN4O4S/c1-3-34-22-14-12-21(13-15-22)31-18(2)28-29-26(31)36-25(16-30(32)33)23-6-4-5-7-24(23)35-17-19-8-10-20(27)11-9-19/h4-15,25H,3,16-17H2,1-2H3/t25-/m1/s1. The number of aromatic nitrogens is 3. The van der Waals surface area contributed by atoms with E-state index in [-0.39, 0.29) is 11.5 Å². The summed E-state index contributed by atoms with van der Waals surface area (Å²) in [6, 6.07) is 22.3. The number of aryl methyl sites for hydroxylation is 1. The van der Waals surface area contributed by atoms with E-state index < -0.39 is 5.25 Å². The largest absolute Gasteiger partial charge is 0.494 e. The van der Waals surface area contributed by atoms with Crippen LogP contribution >= 0.6 is 23.4 Å². The van der Waals surface area contributed by atoms with Gasteiger partial charge in [-0.25, -0.2) is 0 Å². The van der Waals surface area contributed by atoms with Crippen molar-refractivity contribution in [3.63, 3.8) is 0 Å². The number of ether oxygens (including phenoxy) is 2. The summed E-state index contributed by atoms with van der Waals surface area (Å²) in [6.07, 6.45) is 0. The number of benzene rings is 3. The summed E-state index contributed by atoms with van der Waals surface area (Å²) in [5.41, 5.74) is 2.50. The van der Waals surface area contributed by atoms with Crippen LogP contribution in [0, 0.1) is 17.0 Å². The monoisotopic (exact) mass is 524 g/mol. The molecule has 8 nitrogen and oxygen atoms in total. The second-order valence-corrected chi connectivity index (χ2v) is 9.47. The summed E-state index contributed by atoms with van der Waals surface area (Å²) in [7, 11) is 0. The lowest BCUT2D eigenvalue weighted by Crippen LogP contribution is -2.12. The van der Waals surface area contributed by atoms with Crippen LogP contribution in [0.15, 0.2) is 78.0 Å². The zero-order chi connectivity index (χ0) is 25.5. The normalized spacial score (nSPS) is 11.8. The van der Waals surface area contributed by atoms with Gasteiger partial charge in [0.2, 0.25) is 6.54 Å². The Bertz CT molecular complexity index is 1310. The molecule has 0 saturated heterocycles. The van der Waals surface area contributed by atoms with Crippen molar-refractivity contribution >= 4 is 23.4 Å². The summed E-state index contributed by atoms with van der Waals surface area (Å²) < 4.78 is 13.5. The van der Waals surface area contributed by atoms with Gasteiger partial charge in [-0.2, -0.15) is 0 Å². The third-order valence-electron chi connectivity index (χ3n) is 5.34. The maximum absolute atomic E-state index is 11.6. The number of nitro groups is 1. The van der Waals surface area contributed by atoms with E-state index in [1.165, 1.54) is 11.8 Å². The van der Waals surface area contributed by atoms with Gasteiger partial charge in [-0.3, -0.25) is 14.7 Å². The lowest BCUT2D eigenvalue weighted by Gasteiger charge is -2.18. The highest BCUT2D eigenvalue weighted by Gasteiger charge is 2.26. The molecule has 1 heterocycles. The average Bonchev–Trinajstić information content (AvgIpc) is 3.23. The molecule has 1 atom stereocenters. The molecule has 0 N–H and O–H groups in total. The lowest BCUT2D eigenvalue weighted by molar-refractivity contribution is -0.479. The van der Waals surface area contributed by atoms with Gasteiger partial charge in [0.05, 0.1) is 6.61 Å². The first-order valence-corrected chi connectivity index (χ1v) is 12.6. The van der Waals surface area contributed by atoms with E-state index in [0.29, 0.717) is 40.5 Å². The minimum Gasteiger partial charge on any atom is -0.494 e. The fraction of sp³-hybridized carbons (Fsp3) is 0.231. The Morgan fingerprint density at radius 2 is 1.75 bits per heavy atom. The molecule has 0 aliphatic carbocycles. The first kappa shape index (κ1) is 25.5. The van der Waals surface area contributed by atoms with Gasteiger partial charge in [-0.1, -0.05) is 53.7 Å². The van der Waals surface area contributed by atoms with Crippen LogP contribution in [0.1, 0.15) is 29.1 Å². The second-order valence-electron chi connectivity index (χ2n) is 7.87. The number of hydrogen-bond donors (Lipinski definition) is 0. The summed E-state index contributed by atoms with van der Waals surface area (Å²) >= 11 is 7.26. The number of hydrogen-bond acceptors (Lipinski definition) is 7. The highest BCUT2D eigenvalue weighted by molar-refractivity contribution is 7.99. The molecule has 1 aromatic heterocycles. The van der Waals surface area contributed by atoms with Gasteiger partial charge in [0.25, 0.3) is 0 Å². The molecular weight excluding hydrogens is 500 g/mol. The van der Waals surface area contributed by atoms with Crippen molar-refractivity contribution in [2.24, 2.45) is 0 Å². The molecule has 4 aromatic rings. The third-order valence-corrected chi connectivity index (χ3v) is 6.75. The van der Waals surface area contributed by atoms with Crippen LogP contribution in [-0.2, 0) is 6.61 Å². The van der Waals surface area contributed by atoms with Crippen LogP contribution in [0.25, 0.3) is 5.69 Å². The molecule has 0 aliphatic heterocycles. The van der Waals surface area contributed by atoms with E-state index in [2.05, 4.69) is 10.2 Å². The molecule has 0 bridgehead atoms. The molecule has 0 aliphatic rings. The van der Waals surface area contributed by atoms with Crippen molar-refractivity contribution in [3.05, 3.63) is 105 Å². The molecule has 0 saturated carbocycles. The van der Waals surface area contributed by atoms with Crippen molar-refractivity contribution < 1.29 is 14.4 Å². The first-order valence-electron chi connectivity index (χ1n) is 11.3. The Morgan fingerprint density at radius 1 is 1.03 bits per heavy atom. The Hall–Kier alpha value is -3.56. The Morgan fingerprint density at radius 3 is 2.44 bits per heavy atom. The average molecular weight is 525 g/mol. The third kappa shape index (κ3) is 6.35. The molecule has 0 fully saturated rings. The summed E-state index contributed by atoms with van der Waals surface area (Å²) in [5.74, 6) is 2.02. The number of para-hydroxylation sites is 1. The fourth-order valence-corrected chi connectivity index (χ4v) is 4.99. The van der Waals surface area contributed by atoms with E-state index in [1.807, 2.05) is 79.1 Å². The van der Waals surface area contributed by atoms with Crippen LogP contribution in [0.4, 0.5) is 0 Å². The Balaban J connectivity index is 1.61. The van der Waals surface area contributed by atoms with Crippen molar-refractivity contribution in [2.75, 3.05) is 13.2 Å². The predicted molar refractivity (Wildman–Crippen MR) is 140 cm³/mol. The summed E-state index contributed by atoms with van der Waals surface area (Å²) in [4.78, 5) is 11.3. The maximum atomic E-state index is 11.6. The van der Waals surface area contributed by atoms with Gasteiger partial charge in [0.1, 0.15) is 29.2 Å². The zero-order valence-electron chi connectivity index (χ0n) is 19.8. The van der Waals surface area contributed by atoms with Crippen molar-refractivity contribution in [2.45, 2.75) is 30.9 Å². The quantitative estimate of drug-likeness (QED) is 0.129. The zero-order valence-corrected chi connectivity index (χ0v) is 21.4. The van der Waals surface area contributed by atoms with Crippen LogP contribution in [0.3, 0.4) is 0 Å². The van der Waals surface area contributed by atoms with E-state index in [0.717, 1.165) is 17.0 Å².